The summed E-state index contributed by atoms with van der Waals surface area (Å²) in [5, 5.41) is 12.5. The van der Waals surface area contributed by atoms with E-state index in [1.165, 1.54) is 0 Å². The predicted octanol–water partition coefficient (Wildman–Crippen LogP) is 3.75. The molecular formula is C15H19ClN2O2. The number of nitrogens with one attached hydrogen (secondary N) is 1. The number of esters is 1. The number of carbonyl (C=O) groups excluding carboxylic acids is 1. The van der Waals surface area contributed by atoms with Gasteiger partial charge in [0.1, 0.15) is 6.07 Å². The van der Waals surface area contributed by atoms with Gasteiger partial charge in [-0.25, -0.2) is 0 Å². The van der Waals surface area contributed by atoms with E-state index in [0.29, 0.717) is 23.6 Å². The summed E-state index contributed by atoms with van der Waals surface area (Å²) in [5.74, 6) is -0.126. The molecule has 0 aliphatic rings. The van der Waals surface area contributed by atoms with E-state index < -0.39 is 0 Å². The number of benzene rings is 1. The van der Waals surface area contributed by atoms with Crippen LogP contribution in [0.3, 0.4) is 0 Å². The zero-order valence-electron chi connectivity index (χ0n) is 11.6. The smallest absolute Gasteiger partial charge is 0.305 e. The van der Waals surface area contributed by atoms with Crippen LogP contribution in [-0.2, 0) is 9.53 Å². The van der Waals surface area contributed by atoms with E-state index in [2.05, 4.69) is 5.32 Å². The van der Waals surface area contributed by atoms with E-state index in [1.54, 1.807) is 12.1 Å². The van der Waals surface area contributed by atoms with Crippen molar-refractivity contribution in [2.75, 3.05) is 18.5 Å². The topological polar surface area (TPSA) is 62.1 Å². The maximum Gasteiger partial charge on any atom is 0.305 e. The summed E-state index contributed by atoms with van der Waals surface area (Å²) in [6.45, 7) is 3.06. The Kier molecular flexibility index (Phi) is 7.52. The molecule has 1 N–H and O–H groups in total. The molecule has 0 bridgehead atoms. The Labute approximate surface area is 124 Å². The molecule has 4 nitrogen and oxygen atoms in total. The molecule has 5 heteroatoms. The van der Waals surface area contributed by atoms with E-state index in [4.69, 9.17) is 21.6 Å². The highest BCUT2D eigenvalue weighted by Crippen LogP contribution is 2.20. The summed E-state index contributed by atoms with van der Waals surface area (Å²) >= 11 is 5.94. The van der Waals surface area contributed by atoms with E-state index >= 15 is 0 Å². The summed E-state index contributed by atoms with van der Waals surface area (Å²) in [5.41, 5.74) is 1.38. The maximum atomic E-state index is 11.1. The molecule has 0 radical (unpaired) electrons. The fourth-order valence-corrected chi connectivity index (χ4v) is 1.98. The van der Waals surface area contributed by atoms with Crippen molar-refractivity contribution in [1.82, 2.24) is 0 Å². The minimum absolute atomic E-state index is 0.126. The van der Waals surface area contributed by atoms with Gasteiger partial charge in [-0.15, -0.1) is 0 Å². The Morgan fingerprint density at radius 1 is 1.40 bits per heavy atom. The molecule has 0 spiro atoms. The number of nitriles is 1. The lowest BCUT2D eigenvalue weighted by Gasteiger charge is -2.07. The fraction of sp³-hybridized carbons (Fsp3) is 0.467. The van der Waals surface area contributed by atoms with Crippen LogP contribution in [-0.4, -0.2) is 19.1 Å². The highest BCUT2D eigenvalue weighted by molar-refractivity contribution is 6.32. The van der Waals surface area contributed by atoms with E-state index in [0.717, 1.165) is 31.5 Å². The Bertz CT molecular complexity index is 483. The summed E-state index contributed by atoms with van der Waals surface area (Å²) < 4.78 is 4.86. The summed E-state index contributed by atoms with van der Waals surface area (Å²) in [6.07, 6.45) is 3.26. The average Bonchev–Trinajstić information content (AvgIpc) is 2.43. The van der Waals surface area contributed by atoms with Crippen LogP contribution in [0, 0.1) is 11.3 Å². The molecule has 0 aromatic heterocycles. The van der Waals surface area contributed by atoms with Crippen molar-refractivity contribution in [2.45, 2.75) is 32.6 Å². The second-order valence-electron chi connectivity index (χ2n) is 4.35. The van der Waals surface area contributed by atoms with E-state index in [1.807, 2.05) is 19.1 Å². The van der Waals surface area contributed by atoms with Crippen LogP contribution in [0.1, 0.15) is 38.2 Å². The largest absolute Gasteiger partial charge is 0.466 e. The zero-order valence-corrected chi connectivity index (χ0v) is 12.4. The molecule has 0 unspecified atom stereocenters. The zero-order chi connectivity index (χ0) is 14.8. The maximum absolute atomic E-state index is 11.1. The molecule has 0 saturated heterocycles. The second kappa shape index (κ2) is 9.22. The third-order valence-electron chi connectivity index (χ3n) is 2.78. The van der Waals surface area contributed by atoms with Crippen molar-refractivity contribution in [3.63, 3.8) is 0 Å². The molecule has 108 valence electrons. The first-order valence-corrected chi connectivity index (χ1v) is 7.14. The number of nitrogens with zero attached hydrogens (tertiary/aromatic N) is 1. The number of anilines is 1. The van der Waals surface area contributed by atoms with Gasteiger partial charge in [-0.2, -0.15) is 5.26 Å². The van der Waals surface area contributed by atoms with Gasteiger partial charge < -0.3 is 10.1 Å². The third-order valence-corrected chi connectivity index (χ3v) is 3.09. The number of halogens is 1. The van der Waals surface area contributed by atoms with Crippen molar-refractivity contribution in [3.8, 4) is 6.07 Å². The monoisotopic (exact) mass is 294 g/mol. The number of hydrogen-bond donors (Lipinski definition) is 1. The molecule has 0 fully saturated rings. The Balaban J connectivity index is 2.17. The van der Waals surface area contributed by atoms with Crippen LogP contribution < -0.4 is 5.32 Å². The molecule has 1 rings (SSSR count). The first-order chi connectivity index (χ1) is 9.67. The van der Waals surface area contributed by atoms with Crippen LogP contribution in [0.2, 0.25) is 5.02 Å². The Morgan fingerprint density at radius 2 is 2.20 bits per heavy atom. The summed E-state index contributed by atoms with van der Waals surface area (Å²) in [7, 11) is 0. The lowest BCUT2D eigenvalue weighted by Crippen LogP contribution is -2.05. The molecule has 0 amide bonds. The van der Waals surface area contributed by atoms with Crippen LogP contribution in [0.5, 0.6) is 0 Å². The SMILES string of the molecule is CCOC(=O)CCCCCNc1ccc(C#N)c(Cl)c1. The van der Waals surface area contributed by atoms with Gasteiger partial charge in [-0.05, 0) is 38.0 Å². The standard InChI is InChI=1S/C15H19ClN2O2/c1-2-20-15(19)6-4-3-5-9-18-13-8-7-12(11-17)14(16)10-13/h7-8,10,18H,2-6,9H2,1H3. The molecule has 0 heterocycles. The van der Waals surface area contributed by atoms with Gasteiger partial charge in [0, 0.05) is 18.7 Å². The van der Waals surface area contributed by atoms with Gasteiger partial charge in [0.2, 0.25) is 0 Å². The molecule has 0 aliphatic heterocycles. The minimum atomic E-state index is -0.126. The minimum Gasteiger partial charge on any atom is -0.466 e. The summed E-state index contributed by atoms with van der Waals surface area (Å²) in [6, 6.07) is 7.31. The van der Waals surface area contributed by atoms with Crippen molar-refractivity contribution in [2.24, 2.45) is 0 Å². The van der Waals surface area contributed by atoms with Gasteiger partial charge in [-0.3, -0.25) is 4.79 Å². The normalized spacial score (nSPS) is 9.85. The average molecular weight is 295 g/mol. The number of hydrogen-bond acceptors (Lipinski definition) is 4. The third kappa shape index (κ3) is 5.94. The van der Waals surface area contributed by atoms with Crippen molar-refractivity contribution in [3.05, 3.63) is 28.8 Å². The van der Waals surface area contributed by atoms with Crippen LogP contribution in [0.25, 0.3) is 0 Å². The van der Waals surface area contributed by atoms with Crippen molar-refractivity contribution in [1.29, 1.82) is 5.26 Å². The van der Waals surface area contributed by atoms with Gasteiger partial charge in [-0.1, -0.05) is 18.0 Å². The number of unbranched alkanes of at least 4 members (excludes halogenated alkanes) is 2. The molecule has 0 saturated carbocycles. The molecule has 20 heavy (non-hydrogen) atoms. The van der Waals surface area contributed by atoms with Crippen molar-refractivity contribution >= 4 is 23.3 Å². The van der Waals surface area contributed by atoms with E-state index in [9.17, 15) is 4.79 Å². The van der Waals surface area contributed by atoms with Crippen LogP contribution in [0.4, 0.5) is 5.69 Å². The molecule has 1 aromatic rings. The first kappa shape index (κ1) is 16.3. The highest BCUT2D eigenvalue weighted by atomic mass is 35.5. The van der Waals surface area contributed by atoms with Crippen LogP contribution >= 0.6 is 11.6 Å². The lowest BCUT2D eigenvalue weighted by atomic mass is 10.2. The molecule has 0 aliphatic carbocycles. The summed E-state index contributed by atoms with van der Waals surface area (Å²) in [4.78, 5) is 11.1. The number of rotatable bonds is 8. The second-order valence-corrected chi connectivity index (χ2v) is 4.76. The van der Waals surface area contributed by atoms with Gasteiger partial charge in [0.15, 0.2) is 0 Å². The van der Waals surface area contributed by atoms with E-state index in [-0.39, 0.29) is 5.97 Å². The van der Waals surface area contributed by atoms with Crippen LogP contribution in [0.15, 0.2) is 18.2 Å². The Morgan fingerprint density at radius 3 is 2.85 bits per heavy atom. The Hall–Kier alpha value is -1.73. The lowest BCUT2D eigenvalue weighted by molar-refractivity contribution is -0.143. The predicted molar refractivity (Wildman–Crippen MR) is 79.8 cm³/mol. The first-order valence-electron chi connectivity index (χ1n) is 6.76. The van der Waals surface area contributed by atoms with Crippen molar-refractivity contribution < 1.29 is 9.53 Å². The van der Waals surface area contributed by atoms with Gasteiger partial charge in [0.05, 0.1) is 17.2 Å². The fourth-order valence-electron chi connectivity index (χ4n) is 1.75. The van der Waals surface area contributed by atoms with Gasteiger partial charge in [0.25, 0.3) is 0 Å². The molecule has 1 aromatic carbocycles. The number of ether oxygens (including phenoxy) is 1. The quantitative estimate of drug-likeness (QED) is 0.586. The molecule has 0 atom stereocenters. The molecular weight excluding hydrogens is 276 g/mol. The van der Waals surface area contributed by atoms with Gasteiger partial charge >= 0.3 is 5.97 Å². The number of carbonyl (C=O) groups is 1. The highest BCUT2D eigenvalue weighted by Gasteiger charge is 2.02.